The molecule has 0 aromatic carbocycles. The van der Waals surface area contributed by atoms with E-state index in [1.807, 2.05) is 0 Å². The molecule has 1 fully saturated rings. The first-order chi connectivity index (χ1) is 3.93. The molecule has 0 aliphatic carbocycles. The maximum absolute atomic E-state index is 2.49. The van der Waals surface area contributed by atoms with Crippen molar-refractivity contribution >= 4 is 34.4 Å². The van der Waals surface area contributed by atoms with Gasteiger partial charge in [-0.25, -0.2) is 0 Å². The Bertz CT molecular complexity index is 59.5. The largest absolute Gasteiger partial charge is 0.162 e. The summed E-state index contributed by atoms with van der Waals surface area (Å²) in [7, 11) is 0. The van der Waals surface area contributed by atoms with Crippen molar-refractivity contribution in [1.82, 2.24) is 0 Å². The van der Waals surface area contributed by atoms with Crippen LogP contribution in [0.15, 0.2) is 0 Å². The van der Waals surface area contributed by atoms with Crippen molar-refractivity contribution in [3.8, 4) is 0 Å². The molecule has 1 saturated heterocycles. The summed E-state index contributed by atoms with van der Waals surface area (Å²) < 4.78 is 1.37. The van der Waals surface area contributed by atoms with Gasteiger partial charge in [-0.2, -0.15) is 11.8 Å². The lowest BCUT2D eigenvalue weighted by Gasteiger charge is -2.17. The van der Waals surface area contributed by atoms with E-state index >= 15 is 0 Å². The Balaban J connectivity index is 2.13. The second kappa shape index (κ2) is 3.99. The van der Waals surface area contributed by atoms with E-state index < -0.39 is 0 Å². The van der Waals surface area contributed by atoms with Crippen LogP contribution in [-0.2, 0) is 0 Å². The van der Waals surface area contributed by atoms with Gasteiger partial charge in [0.2, 0.25) is 0 Å². The van der Waals surface area contributed by atoms with Gasteiger partial charge in [0.05, 0.1) is 0 Å². The summed E-state index contributed by atoms with van der Waals surface area (Å²) in [6.07, 6.45) is 2.94. The van der Waals surface area contributed by atoms with Crippen molar-refractivity contribution < 1.29 is 0 Å². The van der Waals surface area contributed by atoms with Gasteiger partial charge in [0.1, 0.15) is 0 Å². The topological polar surface area (TPSA) is 0 Å². The van der Waals surface area contributed by atoms with E-state index in [2.05, 4.69) is 34.4 Å². The fourth-order valence-corrected chi connectivity index (χ4v) is 3.26. The normalized spacial score (nSPS) is 30.4. The molecule has 0 spiro atoms. The Hall–Kier alpha value is 1.08. The second-order valence-electron chi connectivity index (χ2n) is 2.24. The summed E-state index contributed by atoms with van der Waals surface area (Å²) >= 11 is 4.62. The number of halogens is 1. The summed E-state index contributed by atoms with van der Waals surface area (Å²) in [5.41, 5.74) is 0. The standard InChI is InChI=1S/C6H11IS/c7-4-6-2-1-3-8-5-6/h6H,1-5H2. The van der Waals surface area contributed by atoms with Gasteiger partial charge < -0.3 is 0 Å². The summed E-state index contributed by atoms with van der Waals surface area (Å²) in [6, 6.07) is 0. The number of hydrogen-bond acceptors (Lipinski definition) is 1. The van der Waals surface area contributed by atoms with Crippen LogP contribution < -0.4 is 0 Å². The highest BCUT2D eigenvalue weighted by Gasteiger charge is 2.10. The number of hydrogen-bond donors (Lipinski definition) is 0. The predicted octanol–water partition coefficient (Wildman–Crippen LogP) is 2.56. The van der Waals surface area contributed by atoms with Crippen LogP contribution in [0.1, 0.15) is 12.8 Å². The molecule has 0 saturated carbocycles. The van der Waals surface area contributed by atoms with Crippen LogP contribution in [0.25, 0.3) is 0 Å². The fraction of sp³-hybridized carbons (Fsp3) is 1.00. The van der Waals surface area contributed by atoms with Gasteiger partial charge in [0.15, 0.2) is 0 Å². The zero-order valence-electron chi connectivity index (χ0n) is 4.90. The van der Waals surface area contributed by atoms with E-state index in [1.54, 1.807) is 0 Å². The minimum atomic E-state index is 1.04. The highest BCUT2D eigenvalue weighted by molar-refractivity contribution is 14.1. The molecule has 0 aromatic rings. The SMILES string of the molecule is ICC1CCCSC1. The molecule has 1 atom stereocenters. The van der Waals surface area contributed by atoms with Crippen molar-refractivity contribution in [3.63, 3.8) is 0 Å². The molecule has 1 aliphatic rings. The van der Waals surface area contributed by atoms with Gasteiger partial charge in [0, 0.05) is 4.43 Å². The van der Waals surface area contributed by atoms with Gasteiger partial charge in [0.25, 0.3) is 0 Å². The Labute approximate surface area is 68.9 Å². The molecule has 0 aromatic heterocycles. The first kappa shape index (κ1) is 7.19. The van der Waals surface area contributed by atoms with E-state index in [0.29, 0.717) is 0 Å². The molecule has 48 valence electrons. The summed E-state index contributed by atoms with van der Waals surface area (Å²) in [4.78, 5) is 0. The molecular formula is C6H11IS. The van der Waals surface area contributed by atoms with Gasteiger partial charge in [-0.15, -0.1) is 0 Å². The quantitative estimate of drug-likeness (QED) is 0.503. The summed E-state index contributed by atoms with van der Waals surface area (Å²) in [5.74, 6) is 3.87. The van der Waals surface area contributed by atoms with E-state index in [9.17, 15) is 0 Å². The number of thioether (sulfide) groups is 1. The first-order valence-corrected chi connectivity index (χ1v) is 5.75. The molecule has 1 rings (SSSR count). The zero-order chi connectivity index (χ0) is 5.82. The molecule has 1 unspecified atom stereocenters. The van der Waals surface area contributed by atoms with E-state index in [4.69, 9.17) is 0 Å². The monoisotopic (exact) mass is 242 g/mol. The average molecular weight is 242 g/mol. The van der Waals surface area contributed by atoms with Crippen molar-refractivity contribution in [2.75, 3.05) is 15.9 Å². The first-order valence-electron chi connectivity index (χ1n) is 3.07. The van der Waals surface area contributed by atoms with Crippen LogP contribution in [-0.4, -0.2) is 15.9 Å². The van der Waals surface area contributed by atoms with Gasteiger partial charge in [-0.1, -0.05) is 22.6 Å². The third-order valence-electron chi connectivity index (χ3n) is 1.47. The smallest absolute Gasteiger partial charge is 0.00315 e. The molecule has 8 heavy (non-hydrogen) atoms. The lowest BCUT2D eigenvalue weighted by molar-refractivity contribution is 0.589. The lowest BCUT2D eigenvalue weighted by Crippen LogP contribution is -2.10. The van der Waals surface area contributed by atoms with Gasteiger partial charge in [-0.05, 0) is 30.3 Å². The molecule has 1 heterocycles. The van der Waals surface area contributed by atoms with Crippen LogP contribution in [0.2, 0.25) is 0 Å². The molecule has 0 nitrogen and oxygen atoms in total. The lowest BCUT2D eigenvalue weighted by atomic mass is 10.1. The maximum atomic E-state index is 2.49. The van der Waals surface area contributed by atoms with Crippen molar-refractivity contribution in [2.45, 2.75) is 12.8 Å². The molecule has 0 bridgehead atoms. The van der Waals surface area contributed by atoms with Crippen LogP contribution in [0, 0.1) is 5.92 Å². The Kier molecular flexibility index (Phi) is 3.58. The Morgan fingerprint density at radius 2 is 2.50 bits per heavy atom. The Morgan fingerprint density at radius 1 is 1.62 bits per heavy atom. The minimum absolute atomic E-state index is 1.04. The van der Waals surface area contributed by atoms with E-state index in [-0.39, 0.29) is 0 Å². The summed E-state index contributed by atoms with van der Waals surface area (Å²) in [5, 5.41) is 0. The highest BCUT2D eigenvalue weighted by Crippen LogP contribution is 2.23. The van der Waals surface area contributed by atoms with E-state index in [1.165, 1.54) is 28.8 Å². The highest BCUT2D eigenvalue weighted by atomic mass is 127. The zero-order valence-corrected chi connectivity index (χ0v) is 7.87. The molecule has 0 amide bonds. The maximum Gasteiger partial charge on any atom is 0.00315 e. The van der Waals surface area contributed by atoms with Crippen molar-refractivity contribution in [3.05, 3.63) is 0 Å². The van der Waals surface area contributed by atoms with Crippen LogP contribution in [0.5, 0.6) is 0 Å². The number of rotatable bonds is 1. The van der Waals surface area contributed by atoms with Gasteiger partial charge in [-0.3, -0.25) is 0 Å². The van der Waals surface area contributed by atoms with Crippen molar-refractivity contribution in [1.29, 1.82) is 0 Å². The van der Waals surface area contributed by atoms with E-state index in [0.717, 1.165) is 5.92 Å². The number of alkyl halides is 1. The second-order valence-corrected chi connectivity index (χ2v) is 4.27. The van der Waals surface area contributed by atoms with Crippen molar-refractivity contribution in [2.24, 2.45) is 5.92 Å². The molecule has 0 N–H and O–H groups in total. The van der Waals surface area contributed by atoms with Crippen LogP contribution in [0.4, 0.5) is 0 Å². The predicted molar refractivity (Wildman–Crippen MR) is 48.9 cm³/mol. The average Bonchev–Trinajstić information content (AvgIpc) is 1.90. The summed E-state index contributed by atoms with van der Waals surface area (Å²) in [6.45, 7) is 0. The Morgan fingerprint density at radius 3 is 2.88 bits per heavy atom. The minimum Gasteiger partial charge on any atom is -0.162 e. The third-order valence-corrected chi connectivity index (χ3v) is 4.00. The third kappa shape index (κ3) is 2.13. The molecular weight excluding hydrogens is 231 g/mol. The van der Waals surface area contributed by atoms with Gasteiger partial charge >= 0.3 is 0 Å². The molecule has 0 radical (unpaired) electrons. The molecule has 2 heteroatoms. The van der Waals surface area contributed by atoms with Crippen LogP contribution >= 0.6 is 34.4 Å². The fourth-order valence-electron chi connectivity index (χ4n) is 0.929. The van der Waals surface area contributed by atoms with Crippen LogP contribution in [0.3, 0.4) is 0 Å². The molecule has 1 aliphatic heterocycles.